The second kappa shape index (κ2) is 6.19. The monoisotopic (exact) mass is 337 g/mol. The molecule has 1 atom stereocenters. The molecule has 0 spiro atoms. The Balaban J connectivity index is 1.56. The van der Waals surface area contributed by atoms with Crippen molar-refractivity contribution in [1.29, 1.82) is 0 Å². The van der Waals surface area contributed by atoms with E-state index < -0.39 is 0 Å². The van der Waals surface area contributed by atoms with Crippen molar-refractivity contribution < 1.29 is 14.6 Å². The third-order valence-electron chi connectivity index (χ3n) is 5.42. The highest BCUT2D eigenvalue weighted by Gasteiger charge is 2.54. The lowest BCUT2D eigenvalue weighted by atomic mass is 9.90. The molecular formula is C21H23NO3. The molecule has 4 heteroatoms. The molecule has 1 amide bonds. The number of phenols is 1. The van der Waals surface area contributed by atoms with Gasteiger partial charge in [-0.15, -0.1) is 0 Å². The van der Waals surface area contributed by atoms with Gasteiger partial charge in [-0.2, -0.15) is 0 Å². The molecule has 1 heterocycles. The van der Waals surface area contributed by atoms with E-state index in [9.17, 15) is 9.90 Å². The molecule has 1 aliphatic carbocycles. The molecule has 0 bridgehead atoms. The van der Waals surface area contributed by atoms with Gasteiger partial charge in [0.15, 0.2) is 0 Å². The fourth-order valence-corrected chi connectivity index (χ4v) is 3.90. The lowest BCUT2D eigenvalue weighted by Crippen LogP contribution is -2.47. The number of morpholine rings is 1. The van der Waals surface area contributed by atoms with Crippen molar-refractivity contribution >= 4 is 5.91 Å². The maximum atomic E-state index is 13.3. The summed E-state index contributed by atoms with van der Waals surface area (Å²) in [5, 5.41) is 9.70. The van der Waals surface area contributed by atoms with Crippen molar-refractivity contribution in [2.24, 2.45) is 0 Å². The van der Waals surface area contributed by atoms with Crippen molar-refractivity contribution in [3.8, 4) is 5.75 Å². The average Bonchev–Trinajstić information content (AvgIpc) is 3.43. The van der Waals surface area contributed by atoms with E-state index in [4.69, 9.17) is 4.74 Å². The summed E-state index contributed by atoms with van der Waals surface area (Å²) in [5.74, 6) is 0.443. The normalized spacial score (nSPS) is 21.8. The van der Waals surface area contributed by atoms with Crippen molar-refractivity contribution in [1.82, 2.24) is 4.90 Å². The van der Waals surface area contributed by atoms with E-state index in [1.54, 1.807) is 12.1 Å². The van der Waals surface area contributed by atoms with Gasteiger partial charge in [0.1, 0.15) is 11.9 Å². The molecule has 1 unspecified atom stereocenters. The van der Waals surface area contributed by atoms with Gasteiger partial charge in [0, 0.05) is 6.54 Å². The highest BCUT2D eigenvalue weighted by atomic mass is 16.5. The zero-order valence-electron chi connectivity index (χ0n) is 14.4. The van der Waals surface area contributed by atoms with Crippen LogP contribution in [0.2, 0.25) is 0 Å². The minimum Gasteiger partial charge on any atom is -0.508 e. The molecule has 2 aromatic rings. The molecule has 4 rings (SSSR count). The summed E-state index contributed by atoms with van der Waals surface area (Å²) in [4.78, 5) is 15.2. The summed E-state index contributed by atoms with van der Waals surface area (Å²) in [6, 6.07) is 15.3. The molecule has 1 saturated heterocycles. The number of rotatable bonds is 3. The van der Waals surface area contributed by atoms with Gasteiger partial charge in [0.25, 0.3) is 0 Å². The average molecular weight is 337 g/mol. The third-order valence-corrected chi connectivity index (χ3v) is 5.42. The number of nitrogens with zero attached hydrogens (tertiary/aromatic N) is 1. The van der Waals surface area contributed by atoms with Gasteiger partial charge in [-0.05, 0) is 48.6 Å². The van der Waals surface area contributed by atoms with Crippen LogP contribution in [-0.2, 0) is 14.9 Å². The maximum Gasteiger partial charge on any atom is 0.233 e. The molecule has 2 fully saturated rings. The number of hydrogen-bond acceptors (Lipinski definition) is 3. The zero-order chi connectivity index (χ0) is 17.4. The molecule has 1 saturated carbocycles. The number of aryl methyl sites for hydroxylation is 1. The Morgan fingerprint density at radius 2 is 2.00 bits per heavy atom. The number of phenolic OH excluding ortho intramolecular Hbond substituents is 1. The maximum absolute atomic E-state index is 13.3. The molecule has 1 aliphatic heterocycles. The van der Waals surface area contributed by atoms with Crippen molar-refractivity contribution in [2.75, 3.05) is 19.7 Å². The fourth-order valence-electron chi connectivity index (χ4n) is 3.90. The fraction of sp³-hybridized carbons (Fsp3) is 0.381. The highest BCUT2D eigenvalue weighted by molar-refractivity contribution is 5.91. The number of carbonyl (C=O) groups is 1. The SMILES string of the molecule is Cc1ccccc1C1(C(=O)N2CCOC(c3cccc(O)c3)C2)CC1. The van der Waals surface area contributed by atoms with Crippen LogP contribution in [-0.4, -0.2) is 35.6 Å². The number of hydrogen-bond donors (Lipinski definition) is 1. The van der Waals surface area contributed by atoms with E-state index in [-0.39, 0.29) is 23.2 Å². The first-order chi connectivity index (χ1) is 12.1. The van der Waals surface area contributed by atoms with Crippen LogP contribution >= 0.6 is 0 Å². The topological polar surface area (TPSA) is 49.8 Å². The minimum absolute atomic E-state index is 0.183. The number of aromatic hydroxyl groups is 1. The van der Waals surface area contributed by atoms with Gasteiger partial charge < -0.3 is 14.7 Å². The second-order valence-corrected chi connectivity index (χ2v) is 7.10. The van der Waals surface area contributed by atoms with Crippen LogP contribution < -0.4 is 0 Å². The van der Waals surface area contributed by atoms with Crippen LogP contribution in [0.3, 0.4) is 0 Å². The number of ether oxygens (including phenoxy) is 1. The Morgan fingerprint density at radius 3 is 2.72 bits per heavy atom. The van der Waals surface area contributed by atoms with Crippen molar-refractivity contribution in [2.45, 2.75) is 31.3 Å². The van der Waals surface area contributed by atoms with E-state index in [2.05, 4.69) is 19.1 Å². The minimum atomic E-state index is -0.341. The third kappa shape index (κ3) is 2.91. The summed E-state index contributed by atoms with van der Waals surface area (Å²) in [5.41, 5.74) is 2.93. The molecule has 2 aliphatic rings. The molecule has 0 aromatic heterocycles. The predicted octanol–water partition coefficient (Wildman–Crippen LogP) is 3.33. The standard InChI is InChI=1S/C21H23NO3/c1-15-5-2-3-8-18(15)21(9-10-21)20(24)22-11-12-25-19(14-22)16-6-4-7-17(23)13-16/h2-8,13,19,23H,9-12,14H2,1H3. The quantitative estimate of drug-likeness (QED) is 0.934. The zero-order valence-corrected chi connectivity index (χ0v) is 14.4. The summed E-state index contributed by atoms with van der Waals surface area (Å²) in [7, 11) is 0. The number of carbonyl (C=O) groups excluding carboxylic acids is 1. The van der Waals surface area contributed by atoms with E-state index in [1.807, 2.05) is 29.2 Å². The van der Waals surface area contributed by atoms with Gasteiger partial charge in [0.05, 0.1) is 18.6 Å². The van der Waals surface area contributed by atoms with Crippen LogP contribution in [0.4, 0.5) is 0 Å². The highest BCUT2D eigenvalue weighted by Crippen LogP contribution is 2.51. The van der Waals surface area contributed by atoms with Gasteiger partial charge in [-0.25, -0.2) is 0 Å². The number of benzene rings is 2. The van der Waals surface area contributed by atoms with E-state index in [0.717, 1.165) is 18.4 Å². The van der Waals surface area contributed by atoms with Gasteiger partial charge in [-0.3, -0.25) is 4.79 Å². The Bertz CT molecular complexity index is 797. The first-order valence-corrected chi connectivity index (χ1v) is 8.86. The molecule has 2 aromatic carbocycles. The van der Waals surface area contributed by atoms with Crippen LogP contribution in [0, 0.1) is 6.92 Å². The molecule has 0 radical (unpaired) electrons. The lowest BCUT2D eigenvalue weighted by Gasteiger charge is -2.36. The Labute approximate surface area is 148 Å². The smallest absolute Gasteiger partial charge is 0.233 e. The van der Waals surface area contributed by atoms with E-state index in [1.165, 1.54) is 11.1 Å². The predicted molar refractivity (Wildman–Crippen MR) is 95.5 cm³/mol. The summed E-state index contributed by atoms with van der Waals surface area (Å²) in [6.07, 6.45) is 1.66. The van der Waals surface area contributed by atoms with Crippen molar-refractivity contribution in [3.05, 3.63) is 65.2 Å². The molecule has 1 N–H and O–H groups in total. The molecular weight excluding hydrogens is 314 g/mol. The summed E-state index contributed by atoms with van der Waals surface area (Å²) in [6.45, 7) is 3.77. The number of amides is 1. The van der Waals surface area contributed by atoms with Crippen LogP contribution in [0.1, 0.15) is 35.6 Å². The van der Waals surface area contributed by atoms with Gasteiger partial charge in [0.2, 0.25) is 5.91 Å². The first kappa shape index (κ1) is 16.2. The van der Waals surface area contributed by atoms with Gasteiger partial charge in [-0.1, -0.05) is 36.4 Å². The van der Waals surface area contributed by atoms with Crippen LogP contribution in [0.15, 0.2) is 48.5 Å². The molecule has 130 valence electrons. The Morgan fingerprint density at radius 1 is 1.20 bits per heavy atom. The van der Waals surface area contributed by atoms with Crippen LogP contribution in [0.25, 0.3) is 0 Å². The Hall–Kier alpha value is -2.33. The van der Waals surface area contributed by atoms with E-state index >= 15 is 0 Å². The summed E-state index contributed by atoms with van der Waals surface area (Å²) >= 11 is 0. The summed E-state index contributed by atoms with van der Waals surface area (Å²) < 4.78 is 5.86. The molecule has 4 nitrogen and oxygen atoms in total. The van der Waals surface area contributed by atoms with E-state index in [0.29, 0.717) is 19.7 Å². The second-order valence-electron chi connectivity index (χ2n) is 7.10. The lowest BCUT2D eigenvalue weighted by molar-refractivity contribution is -0.141. The first-order valence-electron chi connectivity index (χ1n) is 8.86. The molecule has 25 heavy (non-hydrogen) atoms. The largest absolute Gasteiger partial charge is 0.508 e. The van der Waals surface area contributed by atoms with Gasteiger partial charge >= 0.3 is 0 Å². The van der Waals surface area contributed by atoms with Crippen molar-refractivity contribution in [3.63, 3.8) is 0 Å². The Kier molecular flexibility index (Phi) is 4.00. The van der Waals surface area contributed by atoms with Crippen LogP contribution in [0.5, 0.6) is 5.75 Å².